The topological polar surface area (TPSA) is 58.6 Å². The van der Waals surface area contributed by atoms with Crippen molar-refractivity contribution >= 4 is 11.7 Å². The van der Waals surface area contributed by atoms with Crippen LogP contribution in [0.2, 0.25) is 0 Å². The van der Waals surface area contributed by atoms with Crippen LogP contribution in [-0.2, 0) is 4.79 Å². The van der Waals surface area contributed by atoms with E-state index in [9.17, 15) is 9.59 Å². The number of hydrogen-bond donors (Lipinski definition) is 1. The molecule has 0 spiro atoms. The Labute approximate surface area is 118 Å². The Bertz CT molecular complexity index is 465. The molecule has 0 atom stereocenters. The molecule has 0 bridgehead atoms. The summed E-state index contributed by atoms with van der Waals surface area (Å²) in [4.78, 5) is 24.9. The second-order valence-corrected chi connectivity index (χ2v) is 4.81. The molecule has 1 fully saturated rings. The maximum atomic E-state index is 11.9. The molecule has 1 saturated heterocycles. The molecule has 1 aliphatic rings. The first kappa shape index (κ1) is 14.5. The summed E-state index contributed by atoms with van der Waals surface area (Å²) in [5, 5.41) is 3.21. The molecule has 1 aliphatic heterocycles. The zero-order chi connectivity index (χ0) is 14.4. The molecule has 0 aliphatic carbocycles. The van der Waals surface area contributed by atoms with E-state index in [1.807, 2.05) is 4.90 Å². The van der Waals surface area contributed by atoms with Crippen molar-refractivity contribution in [2.45, 2.75) is 13.3 Å². The van der Waals surface area contributed by atoms with Crippen LogP contribution in [-0.4, -0.2) is 49.4 Å². The van der Waals surface area contributed by atoms with Gasteiger partial charge >= 0.3 is 0 Å². The van der Waals surface area contributed by atoms with E-state index < -0.39 is 0 Å². The molecule has 1 N–H and O–H groups in total. The van der Waals surface area contributed by atoms with Gasteiger partial charge in [-0.1, -0.05) is 0 Å². The van der Waals surface area contributed by atoms with Crippen LogP contribution in [0.25, 0.3) is 0 Å². The standard InChI is InChI=1S/C15H20N2O3/c1-12(18)13-2-4-14(5-3-13)20-11-6-15(19)17-9-7-16-8-10-17/h2-5,16H,6-11H2,1H3. The average molecular weight is 276 g/mol. The lowest BCUT2D eigenvalue weighted by atomic mass is 10.1. The zero-order valence-electron chi connectivity index (χ0n) is 11.7. The van der Waals surface area contributed by atoms with Gasteiger partial charge in [0.1, 0.15) is 5.75 Å². The van der Waals surface area contributed by atoms with Gasteiger partial charge in [0.15, 0.2) is 5.78 Å². The van der Waals surface area contributed by atoms with Crippen molar-refractivity contribution in [3.05, 3.63) is 29.8 Å². The molecule has 0 saturated carbocycles. The van der Waals surface area contributed by atoms with E-state index >= 15 is 0 Å². The average Bonchev–Trinajstić information content (AvgIpc) is 2.48. The summed E-state index contributed by atoms with van der Waals surface area (Å²) in [6, 6.07) is 6.98. The number of nitrogens with zero attached hydrogens (tertiary/aromatic N) is 1. The van der Waals surface area contributed by atoms with Gasteiger partial charge in [-0.05, 0) is 31.2 Å². The van der Waals surface area contributed by atoms with E-state index in [-0.39, 0.29) is 11.7 Å². The Hall–Kier alpha value is -1.88. The van der Waals surface area contributed by atoms with Gasteiger partial charge in [-0.15, -0.1) is 0 Å². The van der Waals surface area contributed by atoms with Gasteiger partial charge < -0.3 is 15.0 Å². The van der Waals surface area contributed by atoms with Gasteiger partial charge in [0.25, 0.3) is 0 Å². The number of ether oxygens (including phenoxy) is 1. The summed E-state index contributed by atoms with van der Waals surface area (Å²) in [5.41, 5.74) is 0.661. The van der Waals surface area contributed by atoms with Crippen molar-refractivity contribution in [1.82, 2.24) is 10.2 Å². The highest BCUT2D eigenvalue weighted by Gasteiger charge is 2.15. The highest BCUT2D eigenvalue weighted by atomic mass is 16.5. The lowest BCUT2D eigenvalue weighted by Crippen LogP contribution is -2.46. The minimum atomic E-state index is 0.0328. The molecule has 1 aromatic rings. The number of amides is 1. The van der Waals surface area contributed by atoms with Crippen molar-refractivity contribution in [1.29, 1.82) is 0 Å². The number of nitrogens with one attached hydrogen (secondary N) is 1. The van der Waals surface area contributed by atoms with Crippen LogP contribution in [0, 0.1) is 0 Å². The van der Waals surface area contributed by atoms with Crippen LogP contribution in [0.1, 0.15) is 23.7 Å². The van der Waals surface area contributed by atoms with Crippen molar-refractivity contribution in [2.24, 2.45) is 0 Å². The SMILES string of the molecule is CC(=O)c1ccc(OCCC(=O)N2CCNCC2)cc1. The first-order chi connectivity index (χ1) is 9.66. The number of benzene rings is 1. The van der Waals surface area contributed by atoms with Crippen molar-refractivity contribution in [3.8, 4) is 5.75 Å². The van der Waals surface area contributed by atoms with Gasteiger partial charge in [-0.25, -0.2) is 0 Å². The Morgan fingerprint density at radius 3 is 2.45 bits per heavy atom. The third-order valence-electron chi connectivity index (χ3n) is 3.32. The van der Waals surface area contributed by atoms with E-state index in [1.54, 1.807) is 24.3 Å². The lowest BCUT2D eigenvalue weighted by molar-refractivity contribution is -0.132. The van der Waals surface area contributed by atoms with Crippen LogP contribution in [0.4, 0.5) is 0 Å². The van der Waals surface area contributed by atoms with Crippen molar-refractivity contribution in [3.63, 3.8) is 0 Å². The maximum Gasteiger partial charge on any atom is 0.226 e. The fourth-order valence-electron chi connectivity index (χ4n) is 2.11. The minimum absolute atomic E-state index is 0.0328. The second-order valence-electron chi connectivity index (χ2n) is 4.81. The summed E-state index contributed by atoms with van der Waals surface area (Å²) in [6.45, 7) is 5.15. The predicted octanol–water partition coefficient (Wildman–Crippen LogP) is 1.09. The predicted molar refractivity (Wildman–Crippen MR) is 76.0 cm³/mol. The third-order valence-corrected chi connectivity index (χ3v) is 3.32. The highest BCUT2D eigenvalue weighted by Crippen LogP contribution is 2.13. The highest BCUT2D eigenvalue weighted by molar-refractivity contribution is 5.94. The fourth-order valence-corrected chi connectivity index (χ4v) is 2.11. The number of ketones is 1. The number of Topliss-reactive ketones (excluding diaryl/α,β-unsaturated/α-hetero) is 1. The fraction of sp³-hybridized carbons (Fsp3) is 0.467. The van der Waals surface area contributed by atoms with E-state index in [2.05, 4.69) is 5.32 Å². The van der Waals surface area contributed by atoms with Gasteiger partial charge in [-0.3, -0.25) is 9.59 Å². The summed E-state index contributed by atoms with van der Waals surface area (Å²) < 4.78 is 5.53. The molecule has 5 nitrogen and oxygen atoms in total. The quantitative estimate of drug-likeness (QED) is 0.818. The molecule has 108 valence electrons. The molecular formula is C15H20N2O3. The molecule has 0 unspecified atom stereocenters. The largest absolute Gasteiger partial charge is 0.493 e. The molecule has 5 heteroatoms. The minimum Gasteiger partial charge on any atom is -0.493 e. The van der Waals surface area contributed by atoms with Crippen LogP contribution in [0.5, 0.6) is 5.75 Å². The summed E-state index contributed by atoms with van der Waals surface area (Å²) in [7, 11) is 0. The number of piperazine rings is 1. The first-order valence-corrected chi connectivity index (χ1v) is 6.89. The van der Waals surface area contributed by atoms with Crippen LogP contribution in [0.15, 0.2) is 24.3 Å². The summed E-state index contributed by atoms with van der Waals surface area (Å²) >= 11 is 0. The van der Waals surface area contributed by atoms with E-state index in [0.717, 1.165) is 26.2 Å². The normalized spacial score (nSPS) is 14.9. The van der Waals surface area contributed by atoms with E-state index in [0.29, 0.717) is 24.3 Å². The maximum absolute atomic E-state index is 11.9. The molecular weight excluding hydrogens is 256 g/mol. The smallest absolute Gasteiger partial charge is 0.226 e. The van der Waals surface area contributed by atoms with E-state index in [1.165, 1.54) is 6.92 Å². The van der Waals surface area contributed by atoms with Gasteiger partial charge in [-0.2, -0.15) is 0 Å². The monoisotopic (exact) mass is 276 g/mol. The van der Waals surface area contributed by atoms with Gasteiger partial charge in [0.05, 0.1) is 13.0 Å². The Balaban J connectivity index is 1.74. The number of carbonyl (C=O) groups is 2. The number of carbonyl (C=O) groups excluding carboxylic acids is 2. The van der Waals surface area contributed by atoms with Crippen LogP contribution < -0.4 is 10.1 Å². The molecule has 0 radical (unpaired) electrons. The Morgan fingerprint density at radius 2 is 1.85 bits per heavy atom. The molecule has 20 heavy (non-hydrogen) atoms. The third kappa shape index (κ3) is 4.06. The molecule has 0 aromatic heterocycles. The lowest BCUT2D eigenvalue weighted by Gasteiger charge is -2.27. The molecule has 1 aromatic carbocycles. The summed E-state index contributed by atoms with van der Waals surface area (Å²) in [5.74, 6) is 0.848. The van der Waals surface area contributed by atoms with Crippen molar-refractivity contribution in [2.75, 3.05) is 32.8 Å². The number of hydrogen-bond acceptors (Lipinski definition) is 4. The Kier molecular flexibility index (Phi) is 5.12. The van der Waals surface area contributed by atoms with Crippen LogP contribution >= 0.6 is 0 Å². The van der Waals surface area contributed by atoms with Gasteiger partial charge in [0.2, 0.25) is 5.91 Å². The molecule has 2 rings (SSSR count). The van der Waals surface area contributed by atoms with Crippen LogP contribution in [0.3, 0.4) is 0 Å². The Morgan fingerprint density at radius 1 is 1.20 bits per heavy atom. The van der Waals surface area contributed by atoms with E-state index in [4.69, 9.17) is 4.74 Å². The second kappa shape index (κ2) is 7.05. The first-order valence-electron chi connectivity index (χ1n) is 6.89. The molecule has 1 amide bonds. The number of rotatable bonds is 5. The molecule has 1 heterocycles. The van der Waals surface area contributed by atoms with Gasteiger partial charge in [0, 0.05) is 31.7 Å². The van der Waals surface area contributed by atoms with Crippen molar-refractivity contribution < 1.29 is 14.3 Å². The zero-order valence-corrected chi connectivity index (χ0v) is 11.7. The summed E-state index contributed by atoms with van der Waals surface area (Å²) in [6.07, 6.45) is 0.383.